The van der Waals surface area contributed by atoms with Gasteiger partial charge in [0.05, 0.1) is 0 Å². The first kappa shape index (κ1) is 11.8. The van der Waals surface area contributed by atoms with E-state index in [4.69, 9.17) is 0 Å². The van der Waals surface area contributed by atoms with E-state index in [0.717, 1.165) is 0 Å². The molecule has 6 heteroatoms. The molecular weight excluding hydrogens is 224 g/mol. The van der Waals surface area contributed by atoms with Crippen LogP contribution in [0.2, 0.25) is 0 Å². The zero-order chi connectivity index (χ0) is 11.6. The number of nitrogens with one attached hydrogen (secondary N) is 4. The van der Waals surface area contributed by atoms with Crippen LogP contribution in [0.1, 0.15) is 25.7 Å². The van der Waals surface area contributed by atoms with Gasteiger partial charge in [-0.05, 0) is 19.1 Å². The van der Waals surface area contributed by atoms with Crippen LogP contribution < -0.4 is 21.5 Å². The van der Waals surface area contributed by atoms with Crippen LogP contribution in [0, 0.1) is 0 Å². The topological polar surface area (TPSA) is 65.2 Å². The first-order chi connectivity index (χ1) is 7.65. The molecule has 0 aromatic rings. The zero-order valence-electron chi connectivity index (χ0n) is 9.43. The molecule has 0 aromatic heterocycles. The van der Waals surface area contributed by atoms with Crippen LogP contribution in [0.25, 0.3) is 0 Å². The van der Waals surface area contributed by atoms with Crippen molar-refractivity contribution in [2.45, 2.75) is 36.8 Å². The predicted octanol–water partition coefficient (Wildman–Crippen LogP) is 0.231. The summed E-state index contributed by atoms with van der Waals surface area (Å²) in [5.74, 6) is -0.168. The number of carbonyl (C=O) groups is 1. The van der Waals surface area contributed by atoms with E-state index in [0.29, 0.717) is 11.7 Å². The van der Waals surface area contributed by atoms with Crippen LogP contribution in [-0.2, 0) is 4.79 Å². The van der Waals surface area contributed by atoms with Gasteiger partial charge in [-0.25, -0.2) is 0 Å². The summed E-state index contributed by atoms with van der Waals surface area (Å²) in [6.45, 7) is 3.60. The van der Waals surface area contributed by atoms with Crippen LogP contribution in [0.5, 0.6) is 0 Å². The second-order valence-electron chi connectivity index (χ2n) is 4.19. The lowest BCUT2D eigenvalue weighted by Gasteiger charge is -2.40. The van der Waals surface area contributed by atoms with Crippen LogP contribution in [-0.4, -0.2) is 23.3 Å². The van der Waals surface area contributed by atoms with Crippen LogP contribution in [0.3, 0.4) is 0 Å². The molecule has 1 amide bonds. The van der Waals surface area contributed by atoms with Crippen molar-refractivity contribution < 1.29 is 4.79 Å². The lowest BCUT2D eigenvalue weighted by molar-refractivity contribution is -0.121. The standard InChI is InChI=1S/C10H18N4OS/c1-7-9(15)12-10(16-2,14-13-7)11-8-5-3-4-6-8/h8,11,13-14H,1,3-6H2,2H3,(H,12,15)/t10-/m0/s1. The van der Waals surface area contributed by atoms with E-state index in [1.165, 1.54) is 37.4 Å². The number of amides is 1. The Kier molecular flexibility index (Phi) is 3.41. The zero-order valence-corrected chi connectivity index (χ0v) is 10.2. The minimum absolute atomic E-state index is 0.168. The quantitative estimate of drug-likeness (QED) is 0.421. The molecule has 0 radical (unpaired) electrons. The van der Waals surface area contributed by atoms with Gasteiger partial charge in [0.2, 0.25) is 5.12 Å². The Balaban J connectivity index is 2.01. The fourth-order valence-electron chi connectivity index (χ4n) is 2.08. The van der Waals surface area contributed by atoms with E-state index in [-0.39, 0.29) is 5.91 Å². The summed E-state index contributed by atoms with van der Waals surface area (Å²) >= 11 is 1.53. The molecule has 90 valence electrons. The second-order valence-corrected chi connectivity index (χ2v) is 5.21. The second kappa shape index (κ2) is 4.65. The van der Waals surface area contributed by atoms with Gasteiger partial charge in [0, 0.05) is 6.04 Å². The summed E-state index contributed by atoms with van der Waals surface area (Å²) in [6, 6.07) is 0.466. The van der Waals surface area contributed by atoms with Gasteiger partial charge in [0.1, 0.15) is 5.70 Å². The summed E-state index contributed by atoms with van der Waals surface area (Å²) in [6.07, 6.45) is 6.80. The van der Waals surface area contributed by atoms with Crippen molar-refractivity contribution in [3.8, 4) is 0 Å². The van der Waals surface area contributed by atoms with E-state index in [1.54, 1.807) is 0 Å². The molecular formula is C10H18N4OS. The fourth-order valence-corrected chi connectivity index (χ4v) is 2.71. The molecule has 1 saturated carbocycles. The van der Waals surface area contributed by atoms with Gasteiger partial charge in [-0.15, -0.1) is 11.8 Å². The Bertz CT molecular complexity index is 303. The molecule has 1 saturated heterocycles. The largest absolute Gasteiger partial charge is 0.313 e. The molecule has 2 aliphatic rings. The Morgan fingerprint density at radius 3 is 2.75 bits per heavy atom. The SMILES string of the molecule is C=C1NN[C@@](NC2CCCC2)(SC)NC1=O. The first-order valence-electron chi connectivity index (χ1n) is 5.53. The van der Waals surface area contributed by atoms with Crippen molar-refractivity contribution in [3.05, 3.63) is 12.3 Å². The molecule has 5 nitrogen and oxygen atoms in total. The van der Waals surface area contributed by atoms with Crippen molar-refractivity contribution in [1.82, 2.24) is 21.5 Å². The summed E-state index contributed by atoms with van der Waals surface area (Å²) in [7, 11) is 0. The summed E-state index contributed by atoms with van der Waals surface area (Å²) in [4.78, 5) is 11.6. The maximum atomic E-state index is 11.6. The van der Waals surface area contributed by atoms with Crippen LogP contribution in [0.15, 0.2) is 12.3 Å². The van der Waals surface area contributed by atoms with Crippen LogP contribution in [0.4, 0.5) is 0 Å². The normalized spacial score (nSPS) is 31.3. The Morgan fingerprint density at radius 1 is 1.50 bits per heavy atom. The average Bonchev–Trinajstić information content (AvgIpc) is 2.76. The lowest BCUT2D eigenvalue weighted by Crippen LogP contribution is -2.74. The highest BCUT2D eigenvalue weighted by molar-refractivity contribution is 7.99. The van der Waals surface area contributed by atoms with Crippen molar-refractivity contribution >= 4 is 17.7 Å². The van der Waals surface area contributed by atoms with E-state index in [9.17, 15) is 4.79 Å². The number of carbonyl (C=O) groups excluding carboxylic acids is 1. The van der Waals surface area contributed by atoms with Crippen LogP contribution >= 0.6 is 11.8 Å². The van der Waals surface area contributed by atoms with Gasteiger partial charge in [0.25, 0.3) is 5.91 Å². The molecule has 1 heterocycles. The molecule has 2 fully saturated rings. The van der Waals surface area contributed by atoms with Gasteiger partial charge in [-0.3, -0.25) is 10.1 Å². The summed E-state index contributed by atoms with van der Waals surface area (Å²) < 4.78 is 0. The molecule has 1 aliphatic carbocycles. The van der Waals surface area contributed by atoms with E-state index >= 15 is 0 Å². The molecule has 0 spiro atoms. The van der Waals surface area contributed by atoms with Gasteiger partial charge in [-0.1, -0.05) is 19.4 Å². The fraction of sp³-hybridized carbons (Fsp3) is 0.700. The van der Waals surface area contributed by atoms with Gasteiger partial charge < -0.3 is 10.7 Å². The number of rotatable bonds is 3. The first-order valence-corrected chi connectivity index (χ1v) is 6.75. The third kappa shape index (κ3) is 2.34. The smallest absolute Gasteiger partial charge is 0.271 e. The molecule has 0 bridgehead atoms. The Hall–Kier alpha value is -0.720. The van der Waals surface area contributed by atoms with Gasteiger partial charge in [0.15, 0.2) is 0 Å². The van der Waals surface area contributed by atoms with E-state index < -0.39 is 5.12 Å². The van der Waals surface area contributed by atoms with Gasteiger partial charge >= 0.3 is 0 Å². The van der Waals surface area contributed by atoms with Crippen molar-refractivity contribution in [2.75, 3.05) is 6.26 Å². The minimum atomic E-state index is -0.618. The monoisotopic (exact) mass is 242 g/mol. The van der Waals surface area contributed by atoms with E-state index in [1.807, 2.05) is 6.26 Å². The maximum Gasteiger partial charge on any atom is 0.271 e. The Labute approximate surface area is 99.8 Å². The maximum absolute atomic E-state index is 11.6. The number of hydrazine groups is 1. The number of thioether (sulfide) groups is 1. The highest BCUT2D eigenvalue weighted by Crippen LogP contribution is 2.23. The minimum Gasteiger partial charge on any atom is -0.313 e. The molecule has 0 unspecified atom stereocenters. The molecule has 1 atom stereocenters. The summed E-state index contributed by atoms with van der Waals surface area (Å²) in [5, 5.41) is 5.73. The molecule has 4 N–H and O–H groups in total. The molecule has 16 heavy (non-hydrogen) atoms. The lowest BCUT2D eigenvalue weighted by atomic mass is 10.2. The van der Waals surface area contributed by atoms with Gasteiger partial charge in [-0.2, -0.15) is 5.43 Å². The van der Waals surface area contributed by atoms with Crippen molar-refractivity contribution in [1.29, 1.82) is 0 Å². The summed E-state index contributed by atoms with van der Waals surface area (Å²) in [5.41, 5.74) is 6.21. The number of hydrogen-bond donors (Lipinski definition) is 4. The molecule has 1 aliphatic heterocycles. The highest BCUT2D eigenvalue weighted by Gasteiger charge is 2.37. The van der Waals surface area contributed by atoms with Crippen molar-refractivity contribution in [3.63, 3.8) is 0 Å². The third-order valence-corrected chi connectivity index (χ3v) is 3.96. The van der Waals surface area contributed by atoms with E-state index in [2.05, 4.69) is 28.1 Å². The highest BCUT2D eigenvalue weighted by atomic mass is 32.2. The molecule has 2 rings (SSSR count). The molecule has 0 aromatic carbocycles. The average molecular weight is 242 g/mol. The predicted molar refractivity (Wildman–Crippen MR) is 65.2 cm³/mol. The Morgan fingerprint density at radius 2 is 2.19 bits per heavy atom. The number of hydrogen-bond acceptors (Lipinski definition) is 5. The third-order valence-electron chi connectivity index (χ3n) is 3.02. The van der Waals surface area contributed by atoms with Crippen molar-refractivity contribution in [2.24, 2.45) is 0 Å².